The molecule has 0 radical (unpaired) electrons. The van der Waals surface area contributed by atoms with E-state index in [-0.39, 0.29) is 0 Å². The van der Waals surface area contributed by atoms with Crippen LogP contribution in [-0.2, 0) is 0 Å². The maximum Gasteiger partial charge on any atom is 0.151 e. The van der Waals surface area contributed by atoms with Gasteiger partial charge in [-0.05, 0) is 18.9 Å². The lowest BCUT2D eigenvalue weighted by Crippen LogP contribution is -2.10. The molecule has 13 heavy (non-hydrogen) atoms. The molecule has 1 aliphatic heterocycles. The summed E-state index contributed by atoms with van der Waals surface area (Å²) in [5, 5.41) is 2.80. The fraction of sp³-hybridized carbons (Fsp3) is 0.600. The Hall–Kier alpha value is -1.12. The van der Waals surface area contributed by atoms with Crippen molar-refractivity contribution in [3.05, 3.63) is 11.9 Å². The molecular weight excluding hydrogens is 162 g/mol. The van der Waals surface area contributed by atoms with Crippen molar-refractivity contribution >= 4 is 12.7 Å². The molecule has 0 unspecified atom stereocenters. The van der Waals surface area contributed by atoms with E-state index in [4.69, 9.17) is 0 Å². The van der Waals surface area contributed by atoms with Crippen LogP contribution in [0.5, 0.6) is 0 Å². The summed E-state index contributed by atoms with van der Waals surface area (Å²) < 4.78 is 0. The predicted molar refractivity (Wildman–Crippen MR) is 57.0 cm³/mol. The van der Waals surface area contributed by atoms with Crippen LogP contribution >= 0.6 is 0 Å². The van der Waals surface area contributed by atoms with Gasteiger partial charge in [-0.15, -0.1) is 0 Å². The highest BCUT2D eigenvalue weighted by Crippen LogP contribution is 2.07. The fourth-order valence-electron chi connectivity index (χ4n) is 1.18. The monoisotopic (exact) mass is 179 g/mol. The van der Waals surface area contributed by atoms with Gasteiger partial charge in [0.25, 0.3) is 0 Å². The predicted octanol–water partition coefficient (Wildman–Crippen LogP) is 2.46. The zero-order valence-electron chi connectivity index (χ0n) is 8.16. The molecule has 0 fully saturated rings. The van der Waals surface area contributed by atoms with Crippen LogP contribution in [0.25, 0.3) is 0 Å². The van der Waals surface area contributed by atoms with Crippen LogP contribution in [0.2, 0.25) is 0 Å². The summed E-state index contributed by atoms with van der Waals surface area (Å²) in [6.45, 7) is 2.22. The maximum absolute atomic E-state index is 4.07. The molecule has 0 aromatic heterocycles. The minimum Gasteiger partial charge on any atom is -0.337 e. The molecule has 1 rings (SSSR count). The van der Waals surface area contributed by atoms with E-state index in [1.807, 2.05) is 0 Å². The van der Waals surface area contributed by atoms with Crippen LogP contribution in [0.1, 0.15) is 39.0 Å². The number of rotatable bonds is 5. The number of allylic oxidation sites excluding steroid dienone is 1. The van der Waals surface area contributed by atoms with Crippen molar-refractivity contribution in [1.82, 2.24) is 5.32 Å². The maximum atomic E-state index is 4.07. The van der Waals surface area contributed by atoms with Crippen molar-refractivity contribution in [1.29, 1.82) is 0 Å². The molecule has 1 aliphatic rings. The summed E-state index contributed by atoms with van der Waals surface area (Å²) in [6.07, 6.45) is 11.7. The van der Waals surface area contributed by atoms with E-state index in [1.54, 1.807) is 12.7 Å². The second kappa shape index (κ2) is 6.40. The second-order valence-electron chi connectivity index (χ2n) is 3.09. The lowest BCUT2D eigenvalue weighted by Gasteiger charge is -2.00. The molecule has 0 atom stereocenters. The highest BCUT2D eigenvalue weighted by molar-refractivity contribution is 5.78. The molecule has 0 amide bonds. The van der Waals surface area contributed by atoms with Crippen LogP contribution in [0, 0.1) is 0 Å². The third kappa shape index (κ3) is 4.45. The van der Waals surface area contributed by atoms with Gasteiger partial charge in [0, 0.05) is 0 Å². The molecule has 0 spiro atoms. The third-order valence-corrected chi connectivity index (χ3v) is 1.93. The number of aliphatic imine (C=N–C) groups is 2. The van der Waals surface area contributed by atoms with Gasteiger partial charge in [-0.25, -0.2) is 9.98 Å². The van der Waals surface area contributed by atoms with E-state index in [0.717, 1.165) is 12.2 Å². The van der Waals surface area contributed by atoms with E-state index in [1.165, 1.54) is 25.7 Å². The molecule has 0 saturated carbocycles. The molecule has 1 N–H and O–H groups in total. The standard InChI is InChI=1S/C10H17N3/c1-2-3-4-5-6-7-10-12-8-11-9-13-10/h7-9H,2-6H2,1H3,(H,11,12,13). The zero-order valence-corrected chi connectivity index (χ0v) is 8.16. The Morgan fingerprint density at radius 2 is 2.00 bits per heavy atom. The van der Waals surface area contributed by atoms with E-state index >= 15 is 0 Å². The van der Waals surface area contributed by atoms with Crippen LogP contribution in [-0.4, -0.2) is 12.7 Å². The molecule has 0 aromatic rings. The van der Waals surface area contributed by atoms with Crippen molar-refractivity contribution in [2.24, 2.45) is 9.98 Å². The minimum atomic E-state index is 0.829. The van der Waals surface area contributed by atoms with Crippen molar-refractivity contribution in [3.8, 4) is 0 Å². The lowest BCUT2D eigenvalue weighted by atomic mass is 10.1. The molecule has 0 bridgehead atoms. The molecule has 1 heterocycles. The molecule has 72 valence electrons. The van der Waals surface area contributed by atoms with E-state index in [9.17, 15) is 0 Å². The summed E-state index contributed by atoms with van der Waals surface area (Å²) in [7, 11) is 0. The van der Waals surface area contributed by atoms with Crippen LogP contribution in [0.15, 0.2) is 21.9 Å². The molecule has 0 aromatic carbocycles. The van der Waals surface area contributed by atoms with Gasteiger partial charge in [-0.3, -0.25) is 0 Å². The quantitative estimate of drug-likeness (QED) is 0.647. The van der Waals surface area contributed by atoms with Crippen molar-refractivity contribution in [2.45, 2.75) is 39.0 Å². The smallest absolute Gasteiger partial charge is 0.151 e. The van der Waals surface area contributed by atoms with Gasteiger partial charge >= 0.3 is 0 Å². The zero-order chi connectivity index (χ0) is 9.36. The molecule has 0 aliphatic carbocycles. The van der Waals surface area contributed by atoms with Crippen molar-refractivity contribution in [3.63, 3.8) is 0 Å². The Labute approximate surface area is 79.7 Å². The summed E-state index contributed by atoms with van der Waals surface area (Å²) in [6, 6.07) is 0. The van der Waals surface area contributed by atoms with Crippen LogP contribution < -0.4 is 5.32 Å². The first-order valence-corrected chi connectivity index (χ1v) is 4.94. The SMILES string of the molecule is CCCCCCC=C1N=CNC=N1. The number of hydrogen-bond acceptors (Lipinski definition) is 3. The third-order valence-electron chi connectivity index (χ3n) is 1.93. The van der Waals surface area contributed by atoms with Gasteiger partial charge in [0.2, 0.25) is 0 Å². The minimum absolute atomic E-state index is 0.829. The Kier molecular flexibility index (Phi) is 4.91. The van der Waals surface area contributed by atoms with Crippen LogP contribution in [0.4, 0.5) is 0 Å². The first kappa shape index (κ1) is 9.96. The Balaban J connectivity index is 2.12. The summed E-state index contributed by atoms with van der Waals surface area (Å²) in [4.78, 5) is 8.15. The summed E-state index contributed by atoms with van der Waals surface area (Å²) in [5.74, 6) is 0.829. The summed E-state index contributed by atoms with van der Waals surface area (Å²) in [5.41, 5.74) is 0. The Morgan fingerprint density at radius 3 is 2.69 bits per heavy atom. The molecular formula is C10H17N3. The first-order valence-electron chi connectivity index (χ1n) is 4.94. The lowest BCUT2D eigenvalue weighted by molar-refractivity contribution is 0.673. The topological polar surface area (TPSA) is 36.8 Å². The second-order valence-corrected chi connectivity index (χ2v) is 3.09. The highest BCUT2D eigenvalue weighted by atomic mass is 15.1. The van der Waals surface area contributed by atoms with Gasteiger partial charge in [0.15, 0.2) is 5.82 Å². The van der Waals surface area contributed by atoms with Gasteiger partial charge in [0.1, 0.15) is 0 Å². The fourth-order valence-corrected chi connectivity index (χ4v) is 1.18. The number of nitrogens with zero attached hydrogens (tertiary/aromatic N) is 2. The van der Waals surface area contributed by atoms with Gasteiger partial charge in [0.05, 0.1) is 12.7 Å². The van der Waals surface area contributed by atoms with E-state index in [0.29, 0.717) is 0 Å². The largest absolute Gasteiger partial charge is 0.337 e. The Bertz CT molecular complexity index is 202. The van der Waals surface area contributed by atoms with Gasteiger partial charge < -0.3 is 5.32 Å². The number of unbranched alkanes of at least 4 members (excludes halogenated alkanes) is 4. The average molecular weight is 179 g/mol. The Morgan fingerprint density at radius 1 is 1.23 bits per heavy atom. The van der Waals surface area contributed by atoms with E-state index < -0.39 is 0 Å². The van der Waals surface area contributed by atoms with Gasteiger partial charge in [-0.2, -0.15) is 0 Å². The average Bonchev–Trinajstić information content (AvgIpc) is 2.19. The van der Waals surface area contributed by atoms with Crippen LogP contribution in [0.3, 0.4) is 0 Å². The number of hydrogen-bond donors (Lipinski definition) is 1. The molecule has 3 nitrogen and oxygen atoms in total. The normalized spacial score (nSPS) is 14.4. The van der Waals surface area contributed by atoms with Crippen molar-refractivity contribution < 1.29 is 0 Å². The summed E-state index contributed by atoms with van der Waals surface area (Å²) >= 11 is 0. The first-order chi connectivity index (χ1) is 6.43. The highest BCUT2D eigenvalue weighted by Gasteiger charge is 1.92. The van der Waals surface area contributed by atoms with Gasteiger partial charge in [-0.1, -0.05) is 26.2 Å². The molecule has 0 saturated heterocycles. The van der Waals surface area contributed by atoms with Crippen molar-refractivity contribution in [2.75, 3.05) is 0 Å². The molecule has 3 heteroatoms. The van der Waals surface area contributed by atoms with E-state index in [2.05, 4.69) is 28.3 Å². The number of nitrogens with one attached hydrogen (secondary N) is 1.